The number of ether oxygens (including phenoxy) is 1. The minimum absolute atomic E-state index is 0.191. The van der Waals surface area contributed by atoms with Gasteiger partial charge in [0.2, 0.25) is 0 Å². The maximum atomic E-state index is 6.17. The van der Waals surface area contributed by atoms with Crippen molar-refractivity contribution >= 4 is 5.57 Å². The summed E-state index contributed by atoms with van der Waals surface area (Å²) in [6, 6.07) is 17.8. The lowest BCUT2D eigenvalue weighted by molar-refractivity contribution is -0.00461. The van der Waals surface area contributed by atoms with Crippen LogP contribution in [0.3, 0.4) is 0 Å². The van der Waals surface area contributed by atoms with Gasteiger partial charge in [0, 0.05) is 19.6 Å². The molecule has 1 unspecified atom stereocenters. The molecule has 2 fully saturated rings. The van der Waals surface area contributed by atoms with Crippen LogP contribution in [0.5, 0.6) is 0 Å². The molecule has 0 aromatic heterocycles. The molecule has 134 valence electrons. The molecule has 26 heavy (non-hydrogen) atoms. The van der Waals surface area contributed by atoms with Crippen LogP contribution in [0.25, 0.3) is 5.57 Å². The monoisotopic (exact) mass is 345 g/mol. The second kappa shape index (κ2) is 7.02. The Morgan fingerprint density at radius 2 is 1.58 bits per heavy atom. The molecule has 0 bridgehead atoms. The van der Waals surface area contributed by atoms with E-state index in [-0.39, 0.29) is 6.10 Å². The Balaban J connectivity index is 1.51. The molecule has 2 aromatic carbocycles. The standard InChI is InChI=1S/C24H27NO/c1-3-7-22-19(5-1)11-12-20-6-2-4-8-23(20)24(22)15-21-17-25(13-14-26-21)16-18-9-10-18/h1-8,15,18,21H,9-14,16-17H2. The summed E-state index contributed by atoms with van der Waals surface area (Å²) in [4.78, 5) is 2.61. The molecular weight excluding hydrogens is 318 g/mol. The molecule has 1 heterocycles. The number of aryl methyl sites for hydroxylation is 2. The molecule has 0 amide bonds. The predicted molar refractivity (Wildman–Crippen MR) is 106 cm³/mol. The summed E-state index contributed by atoms with van der Waals surface area (Å²) in [7, 11) is 0. The first kappa shape index (κ1) is 16.3. The van der Waals surface area contributed by atoms with Gasteiger partial charge in [-0.1, -0.05) is 48.5 Å². The summed E-state index contributed by atoms with van der Waals surface area (Å²) in [5.41, 5.74) is 7.06. The molecule has 1 saturated carbocycles. The number of nitrogens with zero attached hydrogens (tertiary/aromatic N) is 1. The molecule has 2 aromatic rings. The van der Waals surface area contributed by atoms with Crippen LogP contribution in [0.1, 0.15) is 35.1 Å². The Morgan fingerprint density at radius 3 is 2.23 bits per heavy atom. The average Bonchev–Trinajstić information content (AvgIpc) is 3.50. The lowest BCUT2D eigenvalue weighted by Gasteiger charge is -2.32. The summed E-state index contributed by atoms with van der Waals surface area (Å²) < 4.78 is 6.17. The molecule has 5 rings (SSSR count). The van der Waals surface area contributed by atoms with Crippen LogP contribution < -0.4 is 0 Å². The molecule has 2 heteroatoms. The minimum atomic E-state index is 0.191. The first-order valence-corrected chi connectivity index (χ1v) is 10.1. The van der Waals surface area contributed by atoms with Gasteiger partial charge in [-0.25, -0.2) is 0 Å². The smallest absolute Gasteiger partial charge is 0.0892 e. The largest absolute Gasteiger partial charge is 0.371 e. The fraction of sp³-hybridized carbons (Fsp3) is 0.417. The van der Waals surface area contributed by atoms with Crippen molar-refractivity contribution in [1.29, 1.82) is 0 Å². The van der Waals surface area contributed by atoms with Gasteiger partial charge in [-0.2, -0.15) is 0 Å². The van der Waals surface area contributed by atoms with Gasteiger partial charge in [-0.3, -0.25) is 4.90 Å². The molecule has 2 aliphatic carbocycles. The van der Waals surface area contributed by atoms with E-state index in [0.29, 0.717) is 0 Å². The molecule has 0 radical (unpaired) electrons. The van der Waals surface area contributed by atoms with E-state index in [9.17, 15) is 0 Å². The van der Waals surface area contributed by atoms with Crippen LogP contribution in [-0.2, 0) is 17.6 Å². The first-order valence-electron chi connectivity index (χ1n) is 10.1. The molecule has 3 aliphatic rings. The van der Waals surface area contributed by atoms with Gasteiger partial charge in [0.25, 0.3) is 0 Å². The number of fused-ring (bicyclic) bond motifs is 2. The highest BCUT2D eigenvalue weighted by molar-refractivity contribution is 5.84. The lowest BCUT2D eigenvalue weighted by atomic mass is 9.92. The Morgan fingerprint density at radius 1 is 0.923 bits per heavy atom. The van der Waals surface area contributed by atoms with Gasteiger partial charge >= 0.3 is 0 Å². The maximum Gasteiger partial charge on any atom is 0.0892 e. The highest BCUT2D eigenvalue weighted by atomic mass is 16.5. The lowest BCUT2D eigenvalue weighted by Crippen LogP contribution is -2.42. The average molecular weight is 345 g/mol. The fourth-order valence-corrected chi connectivity index (χ4v) is 4.45. The van der Waals surface area contributed by atoms with Crippen LogP contribution >= 0.6 is 0 Å². The number of hydrogen-bond donors (Lipinski definition) is 0. The number of rotatable bonds is 3. The van der Waals surface area contributed by atoms with Gasteiger partial charge in [0.05, 0.1) is 12.7 Å². The van der Waals surface area contributed by atoms with Crippen LogP contribution in [0, 0.1) is 5.92 Å². The van der Waals surface area contributed by atoms with E-state index in [2.05, 4.69) is 59.5 Å². The Labute approximate surface area is 156 Å². The van der Waals surface area contributed by atoms with Crippen molar-refractivity contribution in [2.45, 2.75) is 31.8 Å². The summed E-state index contributed by atoms with van der Waals surface area (Å²) in [6.45, 7) is 4.23. The molecule has 0 spiro atoms. The van der Waals surface area contributed by atoms with Crippen LogP contribution in [0.2, 0.25) is 0 Å². The highest BCUT2D eigenvalue weighted by Crippen LogP contribution is 2.35. The topological polar surface area (TPSA) is 12.5 Å². The van der Waals surface area contributed by atoms with E-state index >= 15 is 0 Å². The van der Waals surface area contributed by atoms with Crippen molar-refractivity contribution in [1.82, 2.24) is 4.90 Å². The molecule has 1 atom stereocenters. The van der Waals surface area contributed by atoms with E-state index in [1.807, 2.05) is 0 Å². The van der Waals surface area contributed by atoms with Crippen molar-refractivity contribution in [3.8, 4) is 0 Å². The van der Waals surface area contributed by atoms with Crippen molar-refractivity contribution in [3.05, 3.63) is 76.9 Å². The quantitative estimate of drug-likeness (QED) is 0.821. The molecule has 1 aliphatic heterocycles. The van der Waals surface area contributed by atoms with Crippen molar-refractivity contribution in [3.63, 3.8) is 0 Å². The second-order valence-electron chi connectivity index (χ2n) is 8.01. The van der Waals surface area contributed by atoms with Crippen LogP contribution in [0.15, 0.2) is 54.6 Å². The Kier molecular flexibility index (Phi) is 4.40. The predicted octanol–water partition coefficient (Wildman–Crippen LogP) is 4.33. The SMILES string of the molecule is C(=C1c2ccccc2CCc2ccccc21)C1CN(CC2CC2)CCO1. The van der Waals surface area contributed by atoms with E-state index < -0.39 is 0 Å². The number of morpholine rings is 1. The summed E-state index contributed by atoms with van der Waals surface area (Å²) in [6.07, 6.45) is 7.67. The van der Waals surface area contributed by atoms with Gasteiger partial charge < -0.3 is 4.74 Å². The fourth-order valence-electron chi connectivity index (χ4n) is 4.45. The van der Waals surface area contributed by atoms with Gasteiger partial charge in [0.1, 0.15) is 0 Å². The zero-order valence-electron chi connectivity index (χ0n) is 15.4. The number of hydrogen-bond acceptors (Lipinski definition) is 2. The number of benzene rings is 2. The van der Waals surface area contributed by atoms with Crippen molar-refractivity contribution < 1.29 is 4.74 Å². The maximum absolute atomic E-state index is 6.17. The normalized spacial score (nSPS) is 23.1. The third-order valence-electron chi connectivity index (χ3n) is 6.02. The zero-order chi connectivity index (χ0) is 17.3. The van der Waals surface area contributed by atoms with E-state index in [1.165, 1.54) is 47.2 Å². The highest BCUT2D eigenvalue weighted by Gasteiger charge is 2.28. The Hall–Kier alpha value is -1.90. The van der Waals surface area contributed by atoms with Gasteiger partial charge in [-0.15, -0.1) is 0 Å². The minimum Gasteiger partial charge on any atom is -0.371 e. The Bertz CT molecular complexity index is 771. The van der Waals surface area contributed by atoms with Crippen LogP contribution in [-0.4, -0.2) is 37.2 Å². The third-order valence-corrected chi connectivity index (χ3v) is 6.02. The summed E-state index contributed by atoms with van der Waals surface area (Å²) in [5, 5.41) is 0. The molecule has 1 saturated heterocycles. The van der Waals surface area contributed by atoms with Gasteiger partial charge in [-0.05, 0) is 65.5 Å². The van der Waals surface area contributed by atoms with E-state index in [1.54, 1.807) is 0 Å². The summed E-state index contributed by atoms with van der Waals surface area (Å²) in [5.74, 6) is 0.945. The molecule has 0 N–H and O–H groups in total. The second-order valence-corrected chi connectivity index (χ2v) is 8.01. The first-order chi connectivity index (χ1) is 12.9. The van der Waals surface area contributed by atoms with Gasteiger partial charge in [0.15, 0.2) is 0 Å². The molecule has 2 nitrogen and oxygen atoms in total. The summed E-state index contributed by atoms with van der Waals surface area (Å²) >= 11 is 0. The molecular formula is C24H27NO. The van der Waals surface area contributed by atoms with E-state index in [4.69, 9.17) is 4.74 Å². The third kappa shape index (κ3) is 3.36. The van der Waals surface area contributed by atoms with Crippen molar-refractivity contribution in [2.75, 3.05) is 26.2 Å². The van der Waals surface area contributed by atoms with Crippen molar-refractivity contribution in [2.24, 2.45) is 5.92 Å². The van der Waals surface area contributed by atoms with Crippen LogP contribution in [0.4, 0.5) is 0 Å². The van der Waals surface area contributed by atoms with E-state index in [0.717, 1.165) is 38.5 Å². The zero-order valence-corrected chi connectivity index (χ0v) is 15.4.